The zero-order valence-corrected chi connectivity index (χ0v) is 22.9. The Morgan fingerprint density at radius 3 is 1.31 bits per heavy atom. The fourth-order valence-electron chi connectivity index (χ4n) is 4.27. The fourth-order valence-corrected chi connectivity index (χ4v) is 6.38. The van der Waals surface area contributed by atoms with Gasteiger partial charge in [0.25, 0.3) is 0 Å². The molecule has 0 fully saturated rings. The van der Waals surface area contributed by atoms with Crippen LogP contribution in [-0.4, -0.2) is 31.9 Å². The molecule has 0 saturated heterocycles. The Labute approximate surface area is 269 Å². The maximum absolute atomic E-state index is 12.8. The summed E-state index contributed by atoms with van der Waals surface area (Å²) < 4.78 is 24.2. The molecule has 0 spiro atoms. The van der Waals surface area contributed by atoms with Crippen molar-refractivity contribution in [2.75, 3.05) is 20.0 Å². The van der Waals surface area contributed by atoms with Crippen LogP contribution < -0.4 is 20.3 Å². The maximum atomic E-state index is 12.8. The average Bonchev–Trinajstić information content (AvgIpc) is 2.99. The first-order valence-corrected chi connectivity index (χ1v) is 14.1. The molecule has 0 amide bonds. The zero-order chi connectivity index (χ0) is 28.3. The van der Waals surface area contributed by atoms with E-state index in [2.05, 4.69) is 0 Å². The van der Waals surface area contributed by atoms with Gasteiger partial charge >= 0.3 is 11.9 Å². The normalized spacial score (nSPS) is 10.1. The predicted molar refractivity (Wildman–Crippen MR) is 186 cm³/mol. The van der Waals surface area contributed by atoms with Crippen LogP contribution in [0.3, 0.4) is 0 Å². The summed E-state index contributed by atoms with van der Waals surface area (Å²) in [4.78, 5) is 49.8. The van der Waals surface area contributed by atoms with E-state index in [1.807, 2.05) is 36.4 Å². The van der Waals surface area contributed by atoms with Gasteiger partial charge in [-0.3, -0.25) is 9.59 Å². The van der Waals surface area contributed by atoms with Gasteiger partial charge in [0.05, 0.1) is 0 Å². The third-order valence-electron chi connectivity index (χ3n) is 6.25. The molecule has 2 heterocycles. The number of rotatable bonds is 8. The fraction of sp³-hybridized carbons (Fsp3) is 0.200. The Morgan fingerprint density at radius 2 is 0.889 bits per heavy atom. The van der Waals surface area contributed by atoms with Crippen LogP contribution in [0.4, 0.5) is 0 Å². The first kappa shape index (κ1) is 36.4. The molecular weight excluding hydrogens is 613 g/mol. The highest BCUT2D eigenvalue weighted by atomic mass is 32.1. The number of hydrogen-bond donors (Lipinski definition) is 0. The molecule has 6 rings (SSSR count). The van der Waals surface area contributed by atoms with Gasteiger partial charge in [0.15, 0.2) is 24.1 Å². The number of carbonyl (C=O) groups excluding carboxylic acids is 2. The molecule has 0 aliphatic rings. The van der Waals surface area contributed by atoms with Crippen LogP contribution in [0.15, 0.2) is 94.5 Å². The highest BCUT2D eigenvalue weighted by Crippen LogP contribution is 2.28. The van der Waals surface area contributed by atoms with Crippen LogP contribution >= 0.6 is 22.7 Å². The zero-order valence-electron chi connectivity index (χ0n) is 21.3. The summed E-state index contributed by atoms with van der Waals surface area (Å²) in [5.41, 5.74) is -0.217. The second-order valence-electron chi connectivity index (χ2n) is 8.90. The van der Waals surface area contributed by atoms with Crippen LogP contribution in [0.1, 0.15) is 29.7 Å². The van der Waals surface area contributed by atoms with Crippen LogP contribution in [0, 0.1) is 0 Å². The van der Waals surface area contributed by atoms with Crippen molar-refractivity contribution in [3.05, 3.63) is 105 Å². The summed E-state index contributed by atoms with van der Waals surface area (Å²) in [5, 5.41) is 2.25. The summed E-state index contributed by atoms with van der Waals surface area (Å²) in [6.45, 7) is -1.49. The number of benzene rings is 4. The largest absolute Gasteiger partial charge is 0.482 e. The molecule has 8 nitrogen and oxygen atoms in total. The van der Waals surface area contributed by atoms with Gasteiger partial charge in [-0.25, -0.2) is 9.59 Å². The third kappa shape index (κ3) is 7.84. The lowest BCUT2D eigenvalue weighted by Crippen LogP contribution is -2.21. The monoisotopic (exact) mass is 648 g/mol. The SMILES string of the molecule is C.C.C.C.O=C(COc1ccc2sc3ccccc3c(=O)c2c1)OCOC(=O)COc1ccc2sc3ccccc3c(=O)c2c1. The van der Waals surface area contributed by atoms with Crippen molar-refractivity contribution in [3.63, 3.8) is 0 Å². The van der Waals surface area contributed by atoms with Gasteiger partial charge in [-0.05, 0) is 60.7 Å². The molecular formula is C35H36O8S2. The summed E-state index contributed by atoms with van der Waals surface area (Å²) in [5.74, 6) is -0.836. The minimum absolute atomic E-state index is 0. The Bertz CT molecular complexity index is 1930. The number of hydrogen-bond acceptors (Lipinski definition) is 10. The molecule has 0 unspecified atom stereocenters. The molecule has 6 aromatic rings. The van der Waals surface area contributed by atoms with Crippen molar-refractivity contribution >= 4 is 75.0 Å². The van der Waals surface area contributed by atoms with E-state index in [1.165, 1.54) is 22.7 Å². The van der Waals surface area contributed by atoms with Gasteiger partial charge in [0.1, 0.15) is 11.5 Å². The summed E-state index contributed by atoms with van der Waals surface area (Å²) in [7, 11) is 0. The van der Waals surface area contributed by atoms with E-state index < -0.39 is 31.9 Å². The van der Waals surface area contributed by atoms with Gasteiger partial charge in [0.2, 0.25) is 6.79 Å². The summed E-state index contributed by atoms with van der Waals surface area (Å²) in [6.07, 6.45) is 0. The number of fused-ring (bicyclic) bond motifs is 4. The topological polar surface area (TPSA) is 105 Å². The third-order valence-corrected chi connectivity index (χ3v) is 8.55. The lowest BCUT2D eigenvalue weighted by Gasteiger charge is -2.10. The van der Waals surface area contributed by atoms with E-state index in [1.54, 1.807) is 48.5 Å². The first-order chi connectivity index (χ1) is 20.0. The van der Waals surface area contributed by atoms with Gasteiger partial charge in [-0.2, -0.15) is 0 Å². The first-order valence-electron chi connectivity index (χ1n) is 12.4. The van der Waals surface area contributed by atoms with Gasteiger partial charge in [-0.1, -0.05) is 54.0 Å². The van der Waals surface area contributed by atoms with Crippen LogP contribution in [0.2, 0.25) is 0 Å². The molecule has 0 N–H and O–H groups in total. The van der Waals surface area contributed by atoms with Crippen molar-refractivity contribution in [1.82, 2.24) is 0 Å². The van der Waals surface area contributed by atoms with Crippen molar-refractivity contribution in [1.29, 1.82) is 0 Å². The quantitative estimate of drug-likeness (QED) is 0.0924. The van der Waals surface area contributed by atoms with Gasteiger partial charge in [-0.15, -0.1) is 22.7 Å². The lowest BCUT2D eigenvalue weighted by molar-refractivity contribution is -0.169. The second-order valence-corrected chi connectivity index (χ2v) is 11.1. The number of carbonyl (C=O) groups is 2. The minimum atomic E-state index is -0.756. The Hall–Kier alpha value is -4.80. The van der Waals surface area contributed by atoms with E-state index in [-0.39, 0.29) is 40.6 Å². The Morgan fingerprint density at radius 1 is 0.511 bits per heavy atom. The van der Waals surface area contributed by atoms with Crippen LogP contribution in [-0.2, 0) is 19.1 Å². The van der Waals surface area contributed by atoms with Crippen molar-refractivity contribution in [2.24, 2.45) is 0 Å². The molecule has 0 bridgehead atoms. The van der Waals surface area contributed by atoms with Crippen LogP contribution in [0.5, 0.6) is 11.5 Å². The molecule has 4 aromatic carbocycles. The molecule has 0 aliphatic carbocycles. The van der Waals surface area contributed by atoms with E-state index >= 15 is 0 Å². The van der Waals surface area contributed by atoms with E-state index in [9.17, 15) is 19.2 Å². The summed E-state index contributed by atoms with van der Waals surface area (Å²) >= 11 is 2.99. The molecule has 0 saturated carbocycles. The van der Waals surface area contributed by atoms with Crippen molar-refractivity contribution in [2.45, 2.75) is 29.7 Å². The van der Waals surface area contributed by atoms with E-state index in [0.29, 0.717) is 33.0 Å². The molecule has 2 aromatic heterocycles. The summed E-state index contributed by atoms with van der Waals surface area (Å²) in [6, 6.07) is 24.8. The van der Waals surface area contributed by atoms with Crippen LogP contribution in [0.25, 0.3) is 40.3 Å². The number of ether oxygens (including phenoxy) is 4. The molecule has 236 valence electrons. The molecule has 45 heavy (non-hydrogen) atoms. The molecule has 0 aliphatic heterocycles. The van der Waals surface area contributed by atoms with Crippen molar-refractivity contribution in [3.8, 4) is 11.5 Å². The number of esters is 2. The predicted octanol–water partition coefficient (Wildman–Crippen LogP) is 8.19. The molecule has 10 heteroatoms. The highest BCUT2D eigenvalue weighted by Gasteiger charge is 2.12. The maximum Gasteiger partial charge on any atom is 0.347 e. The average molecular weight is 649 g/mol. The Balaban J connectivity index is 0.00000176. The van der Waals surface area contributed by atoms with Gasteiger partial charge < -0.3 is 18.9 Å². The standard InChI is InChI=1S/C31H20O8S2.4CH4/c32-28(15-36-18-9-11-26-22(13-18)30(34)20-5-1-3-7-24(20)40-26)38-17-39-29(33)16-37-19-10-12-27-23(14-19)31(35)21-6-2-4-8-25(21)41-27;;;;/h1-14H,15-17H2;4*1H4. The van der Waals surface area contributed by atoms with Crippen molar-refractivity contribution < 1.29 is 28.5 Å². The lowest BCUT2D eigenvalue weighted by atomic mass is 10.2. The highest BCUT2D eigenvalue weighted by molar-refractivity contribution is 7.24. The Kier molecular flexibility index (Phi) is 12.8. The smallest absolute Gasteiger partial charge is 0.347 e. The van der Waals surface area contributed by atoms with E-state index in [0.717, 1.165) is 18.8 Å². The van der Waals surface area contributed by atoms with E-state index in [4.69, 9.17) is 18.9 Å². The van der Waals surface area contributed by atoms with Gasteiger partial charge in [0, 0.05) is 40.3 Å². The molecule has 0 atom stereocenters. The second kappa shape index (κ2) is 15.8. The molecule has 0 radical (unpaired) electrons. The minimum Gasteiger partial charge on any atom is -0.482 e.